The lowest BCUT2D eigenvalue weighted by Gasteiger charge is -2.50. The van der Waals surface area contributed by atoms with Crippen LogP contribution in [-0.4, -0.2) is 50.1 Å². The fraction of sp³-hybridized carbons (Fsp3) is 0.292. The van der Waals surface area contributed by atoms with E-state index in [2.05, 4.69) is 31.1 Å². The molecule has 172 valence electrons. The Kier molecular flexibility index (Phi) is 5.54. The molecule has 10 heteroatoms. The van der Waals surface area contributed by atoms with E-state index in [1.807, 2.05) is 41.9 Å². The number of H-pyrrole nitrogens is 1. The molecule has 1 aromatic carbocycles. The van der Waals surface area contributed by atoms with Crippen molar-refractivity contribution in [2.75, 3.05) is 18.0 Å². The normalized spacial score (nSPS) is 15.2. The van der Waals surface area contributed by atoms with Crippen LogP contribution >= 0.6 is 11.6 Å². The minimum atomic E-state index is -0.547. The molecule has 5 rings (SSSR count). The zero-order valence-electron chi connectivity index (χ0n) is 18.7. The first-order valence-electron chi connectivity index (χ1n) is 10.9. The molecule has 1 aliphatic rings. The number of halogens is 2. The number of nitrogens with one attached hydrogen (secondary N) is 1. The summed E-state index contributed by atoms with van der Waals surface area (Å²) < 4.78 is 16.5. The maximum Gasteiger partial charge on any atom is 0.141 e. The highest BCUT2D eigenvalue weighted by Crippen LogP contribution is 2.40. The van der Waals surface area contributed by atoms with Gasteiger partial charge in [0.2, 0.25) is 0 Å². The third-order valence-corrected chi connectivity index (χ3v) is 6.30. The van der Waals surface area contributed by atoms with Gasteiger partial charge in [0, 0.05) is 54.3 Å². The molecule has 8 nitrogen and oxygen atoms in total. The SMILES string of the molecule is CC(C)N=Cc1cc(Cl)c(N2CC(CC#N)(n3cc(-c4ncnc5[nH]ccc45)cn3)C2)cc1F. The van der Waals surface area contributed by atoms with Gasteiger partial charge < -0.3 is 9.88 Å². The van der Waals surface area contributed by atoms with Crippen LogP contribution in [0.25, 0.3) is 22.3 Å². The van der Waals surface area contributed by atoms with Crippen molar-refractivity contribution in [1.82, 2.24) is 24.7 Å². The second-order valence-electron chi connectivity index (χ2n) is 8.75. The summed E-state index contributed by atoms with van der Waals surface area (Å²) in [6.07, 6.45) is 8.73. The first-order valence-corrected chi connectivity index (χ1v) is 11.3. The van der Waals surface area contributed by atoms with Crippen LogP contribution in [0.3, 0.4) is 0 Å². The van der Waals surface area contributed by atoms with E-state index in [1.54, 1.807) is 12.3 Å². The molecule has 1 N–H and O–H groups in total. The molecule has 1 saturated heterocycles. The molecule has 0 bridgehead atoms. The Morgan fingerprint density at radius 1 is 1.35 bits per heavy atom. The topological polar surface area (TPSA) is 98.8 Å². The molecule has 1 fully saturated rings. The van der Waals surface area contributed by atoms with E-state index in [0.717, 1.165) is 22.3 Å². The molecule has 0 radical (unpaired) electrons. The number of fused-ring (bicyclic) bond motifs is 1. The quantitative estimate of drug-likeness (QED) is 0.411. The molecule has 34 heavy (non-hydrogen) atoms. The van der Waals surface area contributed by atoms with Crippen molar-refractivity contribution >= 4 is 34.5 Å². The molecule has 0 saturated carbocycles. The van der Waals surface area contributed by atoms with Crippen molar-refractivity contribution in [2.45, 2.75) is 31.8 Å². The second-order valence-corrected chi connectivity index (χ2v) is 9.16. The average Bonchev–Trinajstić information content (AvgIpc) is 3.46. The van der Waals surface area contributed by atoms with Crippen LogP contribution in [-0.2, 0) is 5.54 Å². The molecule has 0 unspecified atom stereocenters. The maximum atomic E-state index is 14.7. The van der Waals surface area contributed by atoms with Crippen molar-refractivity contribution in [3.8, 4) is 17.3 Å². The molecule has 3 aromatic heterocycles. The third-order valence-electron chi connectivity index (χ3n) is 5.99. The van der Waals surface area contributed by atoms with Gasteiger partial charge in [0.15, 0.2) is 0 Å². The zero-order chi connectivity index (χ0) is 23.9. The highest BCUT2D eigenvalue weighted by molar-refractivity contribution is 6.33. The van der Waals surface area contributed by atoms with Gasteiger partial charge in [0.05, 0.1) is 35.1 Å². The first-order chi connectivity index (χ1) is 16.4. The van der Waals surface area contributed by atoms with Crippen LogP contribution in [0.5, 0.6) is 0 Å². The molecule has 0 amide bonds. The first kappa shape index (κ1) is 22.0. The Morgan fingerprint density at radius 3 is 2.94 bits per heavy atom. The molecular weight excluding hydrogens is 455 g/mol. The fourth-order valence-electron chi connectivity index (χ4n) is 4.25. The lowest BCUT2D eigenvalue weighted by atomic mass is 9.86. The van der Waals surface area contributed by atoms with E-state index in [-0.39, 0.29) is 18.3 Å². The molecule has 0 atom stereocenters. The molecule has 4 heterocycles. The molecule has 1 aliphatic heterocycles. The molecule has 0 spiro atoms. The van der Waals surface area contributed by atoms with Gasteiger partial charge in [-0.3, -0.25) is 9.67 Å². The number of aromatic amines is 1. The number of aliphatic imine (C=N–C) groups is 1. The van der Waals surface area contributed by atoms with Crippen LogP contribution in [0.4, 0.5) is 10.1 Å². The third kappa shape index (κ3) is 3.80. The van der Waals surface area contributed by atoms with Crippen LogP contribution in [0.2, 0.25) is 5.02 Å². The summed E-state index contributed by atoms with van der Waals surface area (Å²) in [5.41, 5.74) is 2.74. The summed E-state index contributed by atoms with van der Waals surface area (Å²) in [6, 6.07) is 7.28. The van der Waals surface area contributed by atoms with E-state index >= 15 is 0 Å². The van der Waals surface area contributed by atoms with Gasteiger partial charge in [-0.05, 0) is 32.0 Å². The van der Waals surface area contributed by atoms with Crippen molar-refractivity contribution in [3.05, 3.63) is 59.5 Å². The summed E-state index contributed by atoms with van der Waals surface area (Å²) in [5.74, 6) is -0.387. The lowest BCUT2D eigenvalue weighted by Crippen LogP contribution is -2.63. The van der Waals surface area contributed by atoms with Crippen molar-refractivity contribution in [3.63, 3.8) is 0 Å². The number of benzene rings is 1. The molecular formula is C24H22ClFN8. The lowest BCUT2D eigenvalue weighted by molar-refractivity contribution is 0.198. The van der Waals surface area contributed by atoms with Gasteiger partial charge in [0.1, 0.15) is 23.3 Å². The predicted octanol–water partition coefficient (Wildman–Crippen LogP) is 4.57. The standard InChI is InChI=1S/C24H22ClFN8/c1-15(2)29-9-16-7-19(25)21(8-20(16)26)33-12-24(13-33,4-5-27)34-11-17(10-32-34)22-18-3-6-28-23(18)31-14-30-22/h3,6-11,14-15H,4,12-13H2,1-2H3,(H,28,30,31). The van der Waals surface area contributed by atoms with Crippen molar-refractivity contribution in [1.29, 1.82) is 5.26 Å². The highest BCUT2D eigenvalue weighted by atomic mass is 35.5. The average molecular weight is 477 g/mol. The number of hydrogen-bond acceptors (Lipinski definition) is 6. The van der Waals surface area contributed by atoms with E-state index in [1.165, 1.54) is 18.6 Å². The number of nitriles is 1. The maximum absolute atomic E-state index is 14.7. The van der Waals surface area contributed by atoms with Crippen LogP contribution in [0.15, 0.2) is 48.1 Å². The smallest absolute Gasteiger partial charge is 0.141 e. The number of anilines is 1. The number of hydrogen-bond donors (Lipinski definition) is 1. The summed E-state index contributed by atoms with van der Waals surface area (Å²) in [5, 5.41) is 15.4. The van der Waals surface area contributed by atoms with E-state index in [4.69, 9.17) is 11.6 Å². The Labute approximate surface area is 200 Å². The van der Waals surface area contributed by atoms with Crippen LogP contribution in [0, 0.1) is 17.1 Å². The molecule has 0 aliphatic carbocycles. The van der Waals surface area contributed by atoms with E-state index in [9.17, 15) is 9.65 Å². The summed E-state index contributed by atoms with van der Waals surface area (Å²) in [6.45, 7) is 4.80. The van der Waals surface area contributed by atoms with Gasteiger partial charge >= 0.3 is 0 Å². The summed E-state index contributed by atoms with van der Waals surface area (Å²) >= 11 is 6.49. The van der Waals surface area contributed by atoms with Crippen molar-refractivity contribution < 1.29 is 4.39 Å². The summed E-state index contributed by atoms with van der Waals surface area (Å²) in [7, 11) is 0. The Hall–Kier alpha value is -3.77. The van der Waals surface area contributed by atoms with Crippen LogP contribution < -0.4 is 4.90 Å². The monoisotopic (exact) mass is 476 g/mol. The largest absolute Gasteiger partial charge is 0.365 e. The number of rotatable bonds is 6. The van der Waals surface area contributed by atoms with Gasteiger partial charge in [-0.15, -0.1) is 0 Å². The Bertz CT molecular complexity index is 1420. The summed E-state index contributed by atoms with van der Waals surface area (Å²) in [4.78, 5) is 17.9. The second kappa shape index (κ2) is 8.54. The number of nitrogens with zero attached hydrogens (tertiary/aromatic N) is 7. The Morgan fingerprint density at radius 2 is 2.18 bits per heavy atom. The van der Waals surface area contributed by atoms with Gasteiger partial charge in [-0.1, -0.05) is 11.6 Å². The van der Waals surface area contributed by atoms with Gasteiger partial charge in [-0.25, -0.2) is 14.4 Å². The zero-order valence-corrected chi connectivity index (χ0v) is 19.5. The minimum Gasteiger partial charge on any atom is -0.365 e. The van der Waals surface area contributed by atoms with E-state index in [0.29, 0.717) is 29.4 Å². The predicted molar refractivity (Wildman–Crippen MR) is 130 cm³/mol. The molecule has 4 aromatic rings. The van der Waals surface area contributed by atoms with E-state index < -0.39 is 5.54 Å². The van der Waals surface area contributed by atoms with Crippen molar-refractivity contribution in [2.24, 2.45) is 4.99 Å². The Balaban J connectivity index is 1.41. The highest BCUT2D eigenvalue weighted by Gasteiger charge is 2.46. The fourth-order valence-corrected chi connectivity index (χ4v) is 4.54. The van der Waals surface area contributed by atoms with Gasteiger partial charge in [0.25, 0.3) is 0 Å². The minimum absolute atomic E-state index is 0.0643. The van der Waals surface area contributed by atoms with Crippen LogP contribution in [0.1, 0.15) is 25.8 Å². The van der Waals surface area contributed by atoms with Gasteiger partial charge in [-0.2, -0.15) is 10.4 Å². The number of aromatic nitrogens is 5.